The Morgan fingerprint density at radius 2 is 1.74 bits per heavy atom. The molecule has 0 aliphatic rings. The Morgan fingerprint density at radius 1 is 1.11 bits per heavy atom. The topological polar surface area (TPSA) is 37.3 Å². The van der Waals surface area contributed by atoms with Crippen LogP contribution in [-0.4, -0.2) is 11.1 Å². The number of carboxylic acid groups (broad SMARTS) is 1. The molecule has 2 rings (SSSR count). The molecule has 0 saturated heterocycles. The standard InChI is InChI=1S/C16H13FO2/c1-11-6-2-4-8-13(11)14(16(18)19)10-12-7-3-5-9-15(12)17/h2-10H,1H3,(H,18,19)/b14-10+. The molecule has 0 heterocycles. The molecular formula is C16H13FO2. The lowest BCUT2D eigenvalue weighted by Crippen LogP contribution is -2.01. The van der Waals surface area contributed by atoms with Crippen molar-refractivity contribution in [3.8, 4) is 0 Å². The smallest absolute Gasteiger partial charge is 0.336 e. The highest BCUT2D eigenvalue weighted by atomic mass is 19.1. The Hall–Kier alpha value is -2.42. The van der Waals surface area contributed by atoms with Crippen LogP contribution in [0.3, 0.4) is 0 Å². The maximum atomic E-state index is 13.6. The predicted octanol–water partition coefficient (Wildman–Crippen LogP) is 3.76. The third-order valence-corrected chi connectivity index (χ3v) is 2.87. The van der Waals surface area contributed by atoms with Crippen LogP contribution in [-0.2, 0) is 4.79 Å². The molecule has 0 radical (unpaired) electrons. The molecule has 1 N–H and O–H groups in total. The van der Waals surface area contributed by atoms with Crippen LogP contribution in [0, 0.1) is 12.7 Å². The SMILES string of the molecule is Cc1ccccc1/C(=C\c1ccccc1F)C(=O)O. The molecule has 0 unspecified atom stereocenters. The van der Waals surface area contributed by atoms with Gasteiger partial charge in [-0.25, -0.2) is 9.18 Å². The van der Waals surface area contributed by atoms with E-state index in [9.17, 15) is 14.3 Å². The molecule has 2 nitrogen and oxygen atoms in total. The van der Waals surface area contributed by atoms with Crippen molar-refractivity contribution in [3.63, 3.8) is 0 Å². The number of halogens is 1. The molecule has 0 aromatic heterocycles. The number of carbonyl (C=O) groups is 1. The van der Waals surface area contributed by atoms with Crippen LogP contribution in [0.2, 0.25) is 0 Å². The van der Waals surface area contributed by atoms with E-state index in [-0.39, 0.29) is 11.1 Å². The molecule has 96 valence electrons. The third-order valence-electron chi connectivity index (χ3n) is 2.87. The van der Waals surface area contributed by atoms with E-state index in [4.69, 9.17) is 0 Å². The summed E-state index contributed by atoms with van der Waals surface area (Å²) in [6, 6.07) is 13.2. The van der Waals surface area contributed by atoms with Crippen LogP contribution in [0.25, 0.3) is 11.6 Å². The summed E-state index contributed by atoms with van der Waals surface area (Å²) in [5.41, 5.74) is 1.79. The fraction of sp³-hybridized carbons (Fsp3) is 0.0625. The van der Waals surface area contributed by atoms with Crippen molar-refractivity contribution in [1.29, 1.82) is 0 Å². The number of aliphatic carboxylic acids is 1. The lowest BCUT2D eigenvalue weighted by atomic mass is 9.98. The van der Waals surface area contributed by atoms with Crippen LogP contribution in [0.1, 0.15) is 16.7 Å². The Balaban J connectivity index is 2.57. The highest BCUT2D eigenvalue weighted by Crippen LogP contribution is 2.22. The van der Waals surface area contributed by atoms with Gasteiger partial charge in [0.05, 0.1) is 5.57 Å². The van der Waals surface area contributed by atoms with E-state index in [1.165, 1.54) is 12.1 Å². The van der Waals surface area contributed by atoms with Gasteiger partial charge in [0.2, 0.25) is 0 Å². The summed E-state index contributed by atoms with van der Waals surface area (Å²) in [7, 11) is 0. The van der Waals surface area contributed by atoms with Crippen LogP contribution in [0.4, 0.5) is 4.39 Å². The van der Waals surface area contributed by atoms with Gasteiger partial charge in [-0.15, -0.1) is 0 Å². The average molecular weight is 256 g/mol. The first-order valence-electron chi connectivity index (χ1n) is 5.85. The van der Waals surface area contributed by atoms with Crippen molar-refractivity contribution in [3.05, 3.63) is 71.0 Å². The summed E-state index contributed by atoms with van der Waals surface area (Å²) in [6.07, 6.45) is 1.36. The number of rotatable bonds is 3. The van der Waals surface area contributed by atoms with E-state index in [0.29, 0.717) is 5.56 Å². The highest BCUT2D eigenvalue weighted by Gasteiger charge is 2.13. The molecule has 0 aliphatic heterocycles. The monoisotopic (exact) mass is 256 g/mol. The zero-order chi connectivity index (χ0) is 13.8. The zero-order valence-corrected chi connectivity index (χ0v) is 10.4. The number of benzene rings is 2. The van der Waals surface area contributed by atoms with E-state index in [1.807, 2.05) is 19.1 Å². The van der Waals surface area contributed by atoms with Crippen LogP contribution in [0.5, 0.6) is 0 Å². The van der Waals surface area contributed by atoms with Gasteiger partial charge < -0.3 is 5.11 Å². The summed E-state index contributed by atoms with van der Waals surface area (Å²) in [6.45, 7) is 1.83. The second-order valence-electron chi connectivity index (χ2n) is 4.20. The molecule has 0 aliphatic carbocycles. The summed E-state index contributed by atoms with van der Waals surface area (Å²) in [5, 5.41) is 9.31. The minimum absolute atomic E-state index is 0.0863. The Morgan fingerprint density at radius 3 is 2.37 bits per heavy atom. The van der Waals surface area contributed by atoms with Gasteiger partial charge in [0.1, 0.15) is 5.82 Å². The van der Waals surface area contributed by atoms with Crippen molar-refractivity contribution in [2.24, 2.45) is 0 Å². The van der Waals surface area contributed by atoms with Gasteiger partial charge in [-0.2, -0.15) is 0 Å². The summed E-state index contributed by atoms with van der Waals surface area (Å²) in [5.74, 6) is -1.51. The minimum atomic E-state index is -1.07. The Bertz CT molecular complexity index is 645. The first-order valence-corrected chi connectivity index (χ1v) is 5.85. The molecule has 2 aromatic carbocycles. The fourth-order valence-electron chi connectivity index (χ4n) is 1.88. The maximum Gasteiger partial charge on any atom is 0.336 e. The molecule has 3 heteroatoms. The van der Waals surface area contributed by atoms with Gasteiger partial charge in [0, 0.05) is 5.56 Å². The van der Waals surface area contributed by atoms with Gasteiger partial charge in [0.15, 0.2) is 0 Å². The summed E-state index contributed by atoms with van der Waals surface area (Å²) < 4.78 is 13.6. The largest absolute Gasteiger partial charge is 0.478 e. The van der Waals surface area contributed by atoms with Crippen molar-refractivity contribution in [2.45, 2.75) is 6.92 Å². The lowest BCUT2D eigenvalue weighted by molar-refractivity contribution is -0.130. The van der Waals surface area contributed by atoms with Crippen molar-refractivity contribution in [2.75, 3.05) is 0 Å². The van der Waals surface area contributed by atoms with Gasteiger partial charge in [-0.1, -0.05) is 42.5 Å². The Kier molecular flexibility index (Phi) is 3.76. The first kappa shape index (κ1) is 13.0. The highest BCUT2D eigenvalue weighted by molar-refractivity contribution is 6.21. The van der Waals surface area contributed by atoms with Gasteiger partial charge in [-0.3, -0.25) is 0 Å². The molecular weight excluding hydrogens is 243 g/mol. The molecule has 0 spiro atoms. The molecule has 19 heavy (non-hydrogen) atoms. The Labute approximate surface area is 110 Å². The third kappa shape index (κ3) is 2.88. The molecule has 0 amide bonds. The normalized spacial score (nSPS) is 11.4. The second kappa shape index (κ2) is 5.48. The van der Waals surface area contributed by atoms with Gasteiger partial charge in [-0.05, 0) is 30.2 Å². The van der Waals surface area contributed by atoms with Crippen LogP contribution >= 0.6 is 0 Å². The number of aryl methyl sites for hydroxylation is 1. The van der Waals surface area contributed by atoms with Gasteiger partial charge >= 0.3 is 5.97 Å². The van der Waals surface area contributed by atoms with E-state index in [1.54, 1.807) is 30.3 Å². The molecule has 0 atom stereocenters. The number of hydrogen-bond acceptors (Lipinski definition) is 1. The lowest BCUT2D eigenvalue weighted by Gasteiger charge is -2.07. The zero-order valence-electron chi connectivity index (χ0n) is 10.4. The number of hydrogen-bond donors (Lipinski definition) is 1. The minimum Gasteiger partial charge on any atom is -0.478 e. The molecule has 2 aromatic rings. The van der Waals surface area contributed by atoms with Crippen molar-refractivity contribution in [1.82, 2.24) is 0 Å². The summed E-state index contributed by atoms with van der Waals surface area (Å²) >= 11 is 0. The fourth-order valence-corrected chi connectivity index (χ4v) is 1.88. The quantitative estimate of drug-likeness (QED) is 0.670. The van der Waals surface area contributed by atoms with Crippen LogP contribution < -0.4 is 0 Å². The van der Waals surface area contributed by atoms with Crippen LogP contribution in [0.15, 0.2) is 48.5 Å². The second-order valence-corrected chi connectivity index (χ2v) is 4.20. The van der Waals surface area contributed by atoms with E-state index in [2.05, 4.69) is 0 Å². The maximum absolute atomic E-state index is 13.6. The van der Waals surface area contributed by atoms with Gasteiger partial charge in [0.25, 0.3) is 0 Å². The van der Waals surface area contributed by atoms with Crippen molar-refractivity contribution >= 4 is 17.6 Å². The predicted molar refractivity (Wildman–Crippen MR) is 73.1 cm³/mol. The van der Waals surface area contributed by atoms with E-state index in [0.717, 1.165) is 5.56 Å². The molecule has 0 saturated carbocycles. The van der Waals surface area contributed by atoms with E-state index < -0.39 is 11.8 Å². The van der Waals surface area contributed by atoms with E-state index >= 15 is 0 Å². The average Bonchev–Trinajstić information content (AvgIpc) is 2.38. The van der Waals surface area contributed by atoms with Crippen molar-refractivity contribution < 1.29 is 14.3 Å². The summed E-state index contributed by atoms with van der Waals surface area (Å²) in [4.78, 5) is 11.4. The first-order chi connectivity index (χ1) is 9.09. The molecule has 0 bridgehead atoms. The molecule has 0 fully saturated rings. The number of carboxylic acids is 1.